The maximum absolute atomic E-state index is 13.9. The van der Waals surface area contributed by atoms with Crippen LogP contribution in [-0.4, -0.2) is 24.3 Å². The quantitative estimate of drug-likeness (QED) is 0.596. The number of ether oxygens (including phenoxy) is 3. The van der Waals surface area contributed by atoms with Crippen molar-refractivity contribution < 1.29 is 36.6 Å². The third-order valence-electron chi connectivity index (χ3n) is 6.01. The number of aromatic nitrogens is 1. The molecule has 4 heterocycles. The van der Waals surface area contributed by atoms with Crippen molar-refractivity contribution in [2.24, 2.45) is 0 Å². The van der Waals surface area contributed by atoms with Gasteiger partial charge >= 0.3 is 6.18 Å². The van der Waals surface area contributed by atoms with E-state index in [9.17, 15) is 18.0 Å². The lowest BCUT2D eigenvalue weighted by atomic mass is 9.77. The number of amides is 1. The smallest absolute Gasteiger partial charge is 0.451 e. The molecule has 32 heavy (non-hydrogen) atoms. The number of hydrogen-bond acceptors (Lipinski definition) is 6. The molecule has 1 atom stereocenters. The molecule has 0 saturated heterocycles. The summed E-state index contributed by atoms with van der Waals surface area (Å²) in [5.41, 5.74) is 0.190. The fourth-order valence-corrected chi connectivity index (χ4v) is 4.67. The predicted molar refractivity (Wildman–Crippen MR) is 103 cm³/mol. The molecule has 0 aliphatic carbocycles. The summed E-state index contributed by atoms with van der Waals surface area (Å²) in [6.07, 6.45) is -4.72. The molecule has 6 rings (SSSR count). The monoisotopic (exact) mass is 444 g/mol. The third kappa shape index (κ3) is 2.43. The molecule has 1 spiro atoms. The van der Waals surface area contributed by atoms with E-state index in [2.05, 4.69) is 4.98 Å². The first-order valence-electron chi connectivity index (χ1n) is 9.81. The molecular formula is C22H15F3N2O5. The Kier molecular flexibility index (Phi) is 3.67. The largest absolute Gasteiger partial charge is 0.491 e. The molecule has 0 radical (unpaired) electrons. The number of aryl methyl sites for hydroxylation is 1. The van der Waals surface area contributed by atoms with E-state index < -0.39 is 23.3 Å². The van der Waals surface area contributed by atoms with E-state index in [4.69, 9.17) is 18.6 Å². The van der Waals surface area contributed by atoms with Gasteiger partial charge in [0.2, 0.25) is 18.5 Å². The molecule has 1 unspecified atom stereocenters. The minimum atomic E-state index is -4.72. The van der Waals surface area contributed by atoms with Crippen LogP contribution >= 0.6 is 0 Å². The van der Waals surface area contributed by atoms with Gasteiger partial charge in [-0.05, 0) is 17.7 Å². The van der Waals surface area contributed by atoms with Crippen LogP contribution in [-0.2, 0) is 22.9 Å². The van der Waals surface area contributed by atoms with Gasteiger partial charge in [0.05, 0.1) is 6.54 Å². The fourth-order valence-electron chi connectivity index (χ4n) is 4.67. The Morgan fingerprint density at radius 2 is 1.81 bits per heavy atom. The van der Waals surface area contributed by atoms with Crippen LogP contribution in [0.4, 0.5) is 18.9 Å². The number of alkyl halides is 3. The van der Waals surface area contributed by atoms with Crippen LogP contribution in [0.25, 0.3) is 0 Å². The standard InChI is InChI=1S/C22H15F3N2O5/c1-11-26-14(19(32-11)22(23,24)25)8-27-15-5-3-2-4-12(15)21(20(27)28)9-29-16-7-18-17(6-13(16)21)30-10-31-18/h2-7H,8-10H2,1H3. The molecule has 7 nitrogen and oxygen atoms in total. The highest BCUT2D eigenvalue weighted by molar-refractivity contribution is 6.11. The Morgan fingerprint density at radius 3 is 2.59 bits per heavy atom. The van der Waals surface area contributed by atoms with Gasteiger partial charge in [-0.15, -0.1) is 0 Å². The topological polar surface area (TPSA) is 74.0 Å². The lowest BCUT2D eigenvalue weighted by Crippen LogP contribution is -2.42. The molecule has 10 heteroatoms. The lowest BCUT2D eigenvalue weighted by molar-refractivity contribution is -0.154. The summed E-state index contributed by atoms with van der Waals surface area (Å²) in [7, 11) is 0. The van der Waals surface area contributed by atoms with Crippen molar-refractivity contribution >= 4 is 11.6 Å². The normalized spacial score (nSPS) is 20.6. The molecule has 3 aromatic rings. The van der Waals surface area contributed by atoms with Gasteiger partial charge in [-0.2, -0.15) is 13.2 Å². The molecule has 0 N–H and O–H groups in total. The van der Waals surface area contributed by atoms with Crippen LogP contribution < -0.4 is 19.1 Å². The number of carbonyl (C=O) groups excluding carboxylic acids is 1. The summed E-state index contributed by atoms with van der Waals surface area (Å²) in [5, 5.41) is 0. The van der Waals surface area contributed by atoms with Crippen LogP contribution in [0.1, 0.15) is 28.5 Å². The third-order valence-corrected chi connectivity index (χ3v) is 6.01. The first-order valence-corrected chi connectivity index (χ1v) is 9.81. The van der Waals surface area contributed by atoms with E-state index in [-0.39, 0.29) is 31.5 Å². The van der Waals surface area contributed by atoms with Crippen molar-refractivity contribution in [2.75, 3.05) is 18.3 Å². The number of carbonyl (C=O) groups is 1. The van der Waals surface area contributed by atoms with Crippen LogP contribution in [0.2, 0.25) is 0 Å². The molecule has 0 saturated carbocycles. The number of anilines is 1. The Morgan fingerprint density at radius 1 is 1.06 bits per heavy atom. The molecule has 0 fully saturated rings. The number of nitrogens with zero attached hydrogens (tertiary/aromatic N) is 2. The zero-order valence-electron chi connectivity index (χ0n) is 16.7. The highest BCUT2D eigenvalue weighted by atomic mass is 19.4. The number of fused-ring (bicyclic) bond motifs is 5. The number of rotatable bonds is 2. The Bertz CT molecular complexity index is 1290. The molecule has 2 aromatic carbocycles. The van der Waals surface area contributed by atoms with Crippen molar-refractivity contribution in [3.05, 3.63) is 64.9 Å². The zero-order valence-corrected chi connectivity index (χ0v) is 16.7. The second-order valence-electron chi connectivity index (χ2n) is 7.81. The van der Waals surface area contributed by atoms with Crippen molar-refractivity contribution in [1.29, 1.82) is 0 Å². The molecule has 1 amide bonds. The van der Waals surface area contributed by atoms with E-state index in [1.807, 2.05) is 0 Å². The van der Waals surface area contributed by atoms with Gasteiger partial charge in [0, 0.05) is 24.2 Å². The average molecular weight is 444 g/mol. The van der Waals surface area contributed by atoms with Crippen LogP contribution in [0, 0.1) is 6.92 Å². The van der Waals surface area contributed by atoms with Crippen molar-refractivity contribution in [2.45, 2.75) is 25.1 Å². The Balaban J connectivity index is 1.48. The number of benzene rings is 2. The zero-order chi connectivity index (χ0) is 22.3. The highest BCUT2D eigenvalue weighted by Gasteiger charge is 2.57. The van der Waals surface area contributed by atoms with Crippen molar-refractivity contribution in [3.63, 3.8) is 0 Å². The maximum atomic E-state index is 13.9. The molecule has 3 aliphatic rings. The minimum absolute atomic E-state index is 0.0154. The van der Waals surface area contributed by atoms with E-state index >= 15 is 0 Å². The Hall–Kier alpha value is -3.69. The van der Waals surface area contributed by atoms with Gasteiger partial charge in [-0.25, -0.2) is 4.98 Å². The number of oxazole rings is 1. The summed E-state index contributed by atoms with van der Waals surface area (Å²) in [6, 6.07) is 10.4. The van der Waals surface area contributed by atoms with E-state index in [0.717, 1.165) is 0 Å². The van der Waals surface area contributed by atoms with Crippen LogP contribution in [0.5, 0.6) is 17.2 Å². The second-order valence-corrected chi connectivity index (χ2v) is 7.81. The number of hydrogen-bond donors (Lipinski definition) is 0. The summed E-state index contributed by atoms with van der Waals surface area (Å²) >= 11 is 0. The second kappa shape index (κ2) is 6.18. The van der Waals surface area contributed by atoms with Gasteiger partial charge in [0.25, 0.3) is 0 Å². The first kappa shape index (κ1) is 19.0. The lowest BCUT2D eigenvalue weighted by Gasteiger charge is -2.23. The SMILES string of the molecule is Cc1nc(CN2C(=O)C3(COc4cc5c(cc43)OCO5)c3ccccc32)c(C(F)(F)F)o1. The highest BCUT2D eigenvalue weighted by Crippen LogP contribution is 2.55. The fraction of sp³-hybridized carbons (Fsp3) is 0.273. The van der Waals surface area contributed by atoms with Crippen LogP contribution in [0.15, 0.2) is 40.8 Å². The van der Waals surface area contributed by atoms with E-state index in [1.54, 1.807) is 36.4 Å². The van der Waals surface area contributed by atoms with Gasteiger partial charge in [0.15, 0.2) is 17.4 Å². The van der Waals surface area contributed by atoms with Gasteiger partial charge < -0.3 is 23.5 Å². The first-order chi connectivity index (χ1) is 15.3. The molecule has 0 bridgehead atoms. The van der Waals surface area contributed by atoms with Crippen molar-refractivity contribution in [1.82, 2.24) is 4.98 Å². The summed E-state index contributed by atoms with van der Waals surface area (Å²) < 4.78 is 61.9. The van der Waals surface area contributed by atoms with E-state index in [0.29, 0.717) is 34.1 Å². The Labute approximate surface area is 179 Å². The van der Waals surface area contributed by atoms with E-state index in [1.165, 1.54) is 11.8 Å². The predicted octanol–water partition coefficient (Wildman–Crippen LogP) is 3.96. The average Bonchev–Trinajstić information content (AvgIpc) is 3.49. The molecule has 3 aliphatic heterocycles. The van der Waals surface area contributed by atoms with Gasteiger partial charge in [0.1, 0.15) is 23.5 Å². The number of halogens is 3. The van der Waals surface area contributed by atoms with Gasteiger partial charge in [-0.3, -0.25) is 4.79 Å². The van der Waals surface area contributed by atoms with Crippen LogP contribution in [0.3, 0.4) is 0 Å². The summed E-state index contributed by atoms with van der Waals surface area (Å²) in [5.74, 6) is -0.234. The maximum Gasteiger partial charge on any atom is 0.451 e. The molecule has 164 valence electrons. The van der Waals surface area contributed by atoms with Crippen molar-refractivity contribution in [3.8, 4) is 17.2 Å². The number of para-hydroxylation sites is 1. The molecular weight excluding hydrogens is 429 g/mol. The minimum Gasteiger partial charge on any atom is -0.491 e. The molecule has 1 aromatic heterocycles. The van der Waals surface area contributed by atoms with Gasteiger partial charge in [-0.1, -0.05) is 18.2 Å². The summed E-state index contributed by atoms with van der Waals surface area (Å²) in [4.78, 5) is 19.1. The summed E-state index contributed by atoms with van der Waals surface area (Å²) in [6.45, 7) is 1.03.